The number of hydrogen-bond acceptors (Lipinski definition) is 4. The summed E-state index contributed by atoms with van der Waals surface area (Å²) in [6, 6.07) is 13.3. The number of benzene rings is 2. The number of nitrogens with zero attached hydrogens (tertiary/aromatic N) is 2. The molecule has 0 aliphatic rings. The molecule has 0 saturated heterocycles. The second-order valence-corrected chi connectivity index (χ2v) is 8.43. The van der Waals surface area contributed by atoms with Crippen LogP contribution in [-0.4, -0.2) is 24.6 Å². The summed E-state index contributed by atoms with van der Waals surface area (Å²) in [4.78, 5) is 3.65. The number of rotatable bonds is 5. The van der Waals surface area contributed by atoms with Crippen LogP contribution in [0, 0.1) is 6.92 Å². The van der Waals surface area contributed by atoms with Gasteiger partial charge in [-0.1, -0.05) is 24.3 Å². The lowest BCUT2D eigenvalue weighted by Crippen LogP contribution is -2.25. The maximum Gasteiger partial charge on any atom is 0.435 e. The number of thioether (sulfide) groups is 1. The number of hydrogen-bond donors (Lipinski definition) is 1. The smallest absolute Gasteiger partial charge is 0.200 e. The van der Waals surface area contributed by atoms with E-state index in [-0.39, 0.29) is 10.6 Å². The molecule has 148 valence electrons. The van der Waals surface area contributed by atoms with E-state index in [4.69, 9.17) is 0 Å². The van der Waals surface area contributed by atoms with Crippen molar-refractivity contribution in [1.29, 1.82) is 0 Å². The molecule has 10 heteroatoms. The molecule has 0 amide bonds. The Morgan fingerprint density at radius 2 is 1.75 bits per heavy atom. The summed E-state index contributed by atoms with van der Waals surface area (Å²) in [6.45, 7) is 1.83. The fourth-order valence-corrected chi connectivity index (χ4v) is 4.17. The van der Waals surface area contributed by atoms with Crippen molar-refractivity contribution in [3.63, 3.8) is 0 Å². The number of aromatic nitrogens is 2. The number of sulfonamides is 1. The van der Waals surface area contributed by atoms with Crippen LogP contribution in [0.1, 0.15) is 11.3 Å². The minimum Gasteiger partial charge on any atom is -0.200 e. The van der Waals surface area contributed by atoms with Crippen LogP contribution < -0.4 is 4.83 Å². The van der Waals surface area contributed by atoms with Crippen molar-refractivity contribution in [2.24, 2.45) is 0 Å². The predicted octanol–water partition coefficient (Wildman–Crippen LogP) is 4.53. The predicted molar refractivity (Wildman–Crippen MR) is 102 cm³/mol. The van der Waals surface area contributed by atoms with Gasteiger partial charge in [0.2, 0.25) is 0 Å². The van der Waals surface area contributed by atoms with Gasteiger partial charge in [0.1, 0.15) is 0 Å². The lowest BCUT2D eigenvalue weighted by Gasteiger charge is -2.12. The fourth-order valence-electron chi connectivity index (χ4n) is 2.60. The molecule has 5 nitrogen and oxygen atoms in total. The van der Waals surface area contributed by atoms with Crippen LogP contribution in [0.2, 0.25) is 0 Å². The minimum atomic E-state index is -4.72. The largest absolute Gasteiger partial charge is 0.435 e. The van der Waals surface area contributed by atoms with Crippen LogP contribution in [0.5, 0.6) is 0 Å². The number of nitrogens with one attached hydrogen (secondary N) is 1. The molecule has 0 aliphatic carbocycles. The van der Waals surface area contributed by atoms with Crippen LogP contribution >= 0.6 is 11.8 Å². The second-order valence-electron chi connectivity index (χ2n) is 5.92. The van der Waals surface area contributed by atoms with Gasteiger partial charge in [-0.2, -0.15) is 31.2 Å². The first kappa shape index (κ1) is 20.3. The van der Waals surface area contributed by atoms with Gasteiger partial charge in [-0.15, -0.1) is 16.9 Å². The van der Waals surface area contributed by atoms with Crippen LogP contribution in [0.15, 0.2) is 64.4 Å². The average Bonchev–Trinajstić information content (AvgIpc) is 3.06. The quantitative estimate of drug-likeness (QED) is 0.608. The van der Waals surface area contributed by atoms with Gasteiger partial charge < -0.3 is 0 Å². The summed E-state index contributed by atoms with van der Waals surface area (Å²) in [6.07, 6.45) is -2.82. The molecule has 0 atom stereocenters. The summed E-state index contributed by atoms with van der Waals surface area (Å²) in [7, 11) is -4.12. The monoisotopic (exact) mass is 427 g/mol. The Balaban J connectivity index is 2.10. The zero-order valence-corrected chi connectivity index (χ0v) is 16.5. The highest BCUT2D eigenvalue weighted by molar-refractivity contribution is 7.98. The van der Waals surface area contributed by atoms with Crippen molar-refractivity contribution in [3.05, 3.63) is 65.9 Å². The molecule has 0 saturated carbocycles. The van der Waals surface area contributed by atoms with E-state index >= 15 is 0 Å². The van der Waals surface area contributed by atoms with Gasteiger partial charge in [0.25, 0.3) is 10.0 Å². The number of aryl methyl sites for hydroxylation is 1. The van der Waals surface area contributed by atoms with Gasteiger partial charge in [-0.25, -0.2) is 0 Å². The fraction of sp³-hybridized carbons (Fsp3) is 0.167. The van der Waals surface area contributed by atoms with Gasteiger partial charge in [-0.3, -0.25) is 0 Å². The zero-order chi connectivity index (χ0) is 20.5. The van der Waals surface area contributed by atoms with E-state index in [0.29, 0.717) is 10.4 Å². The van der Waals surface area contributed by atoms with Crippen LogP contribution in [0.3, 0.4) is 0 Å². The number of halogens is 3. The van der Waals surface area contributed by atoms with Gasteiger partial charge in [0.15, 0.2) is 5.69 Å². The molecule has 0 radical (unpaired) electrons. The van der Waals surface area contributed by atoms with Crippen molar-refractivity contribution >= 4 is 21.8 Å². The Hall–Kier alpha value is -2.46. The van der Waals surface area contributed by atoms with Crippen LogP contribution in [0.4, 0.5) is 13.2 Å². The van der Waals surface area contributed by atoms with Crippen molar-refractivity contribution < 1.29 is 21.6 Å². The second kappa shape index (κ2) is 7.51. The molecule has 0 spiro atoms. The van der Waals surface area contributed by atoms with Crippen LogP contribution in [-0.2, 0) is 16.2 Å². The zero-order valence-electron chi connectivity index (χ0n) is 14.9. The summed E-state index contributed by atoms with van der Waals surface area (Å²) < 4.78 is 64.7. The van der Waals surface area contributed by atoms with Crippen molar-refractivity contribution in [2.75, 3.05) is 11.1 Å². The molecular weight excluding hydrogens is 411 g/mol. The van der Waals surface area contributed by atoms with E-state index in [2.05, 4.69) is 9.93 Å². The molecular formula is C18H16F3N3O2S2. The van der Waals surface area contributed by atoms with Gasteiger partial charge in [-0.05, 0) is 49.1 Å². The maximum atomic E-state index is 13.2. The average molecular weight is 427 g/mol. The highest BCUT2D eigenvalue weighted by atomic mass is 32.2. The van der Waals surface area contributed by atoms with E-state index in [9.17, 15) is 21.6 Å². The Kier molecular flexibility index (Phi) is 5.44. The molecule has 3 aromatic rings. The highest BCUT2D eigenvalue weighted by Crippen LogP contribution is 2.33. The molecule has 0 fully saturated rings. The first-order chi connectivity index (χ1) is 13.1. The van der Waals surface area contributed by atoms with E-state index in [0.717, 1.165) is 16.5 Å². The van der Waals surface area contributed by atoms with Crippen molar-refractivity contribution in [2.45, 2.75) is 22.9 Å². The first-order valence-corrected chi connectivity index (χ1v) is 10.7. The van der Waals surface area contributed by atoms with E-state index in [1.54, 1.807) is 24.3 Å². The molecule has 1 heterocycles. The third-order valence-corrected chi connectivity index (χ3v) is 6.15. The lowest BCUT2D eigenvalue weighted by atomic mass is 10.1. The topological polar surface area (TPSA) is 64.0 Å². The van der Waals surface area contributed by atoms with E-state index in [1.165, 1.54) is 36.0 Å². The van der Waals surface area contributed by atoms with Crippen LogP contribution in [0.25, 0.3) is 11.3 Å². The molecule has 2 aromatic carbocycles. The van der Waals surface area contributed by atoms with Gasteiger partial charge in [0, 0.05) is 10.5 Å². The van der Waals surface area contributed by atoms with Gasteiger partial charge >= 0.3 is 6.18 Å². The Bertz CT molecular complexity index is 1100. The summed E-state index contributed by atoms with van der Waals surface area (Å²) in [5, 5.41) is 3.44. The molecule has 0 bridgehead atoms. The summed E-state index contributed by atoms with van der Waals surface area (Å²) >= 11 is 1.51. The normalized spacial score (nSPS) is 12.2. The first-order valence-electron chi connectivity index (χ1n) is 8.02. The van der Waals surface area contributed by atoms with Crippen molar-refractivity contribution in [3.8, 4) is 11.3 Å². The molecule has 0 unspecified atom stereocenters. The third kappa shape index (κ3) is 4.17. The van der Waals surface area contributed by atoms with Gasteiger partial charge in [0.05, 0.1) is 10.6 Å². The number of alkyl halides is 3. The Morgan fingerprint density at radius 3 is 2.32 bits per heavy atom. The standard InChI is InChI=1S/C18H16F3N3O2S2/c1-12-10-13(8-9-16(12)27-2)15-11-17(18(19,20)21)22-24(15)23-28(25,26)14-6-4-3-5-7-14/h3-11,23H,1-2H3. The Morgan fingerprint density at radius 1 is 1.07 bits per heavy atom. The molecule has 28 heavy (non-hydrogen) atoms. The Labute approximate surface area is 164 Å². The molecule has 0 aliphatic heterocycles. The highest BCUT2D eigenvalue weighted by Gasteiger charge is 2.35. The molecule has 1 aromatic heterocycles. The third-order valence-electron chi connectivity index (χ3n) is 3.95. The van der Waals surface area contributed by atoms with E-state index in [1.807, 2.05) is 13.2 Å². The SMILES string of the molecule is CSc1ccc(-c2cc(C(F)(F)F)nn2NS(=O)(=O)c2ccccc2)cc1C. The lowest BCUT2D eigenvalue weighted by molar-refractivity contribution is -0.141. The summed E-state index contributed by atoms with van der Waals surface area (Å²) in [5.41, 5.74) is 0.0683. The maximum absolute atomic E-state index is 13.2. The summed E-state index contributed by atoms with van der Waals surface area (Å²) in [5.74, 6) is 0. The minimum absolute atomic E-state index is 0.0115. The van der Waals surface area contributed by atoms with E-state index < -0.39 is 21.9 Å². The molecule has 1 N–H and O–H groups in total. The van der Waals surface area contributed by atoms with Crippen molar-refractivity contribution in [1.82, 2.24) is 9.89 Å². The molecule has 3 rings (SSSR count).